The monoisotopic (exact) mass is 255 g/mol. The lowest BCUT2D eigenvalue weighted by Crippen LogP contribution is -1.97. The molecule has 1 N–H and O–H groups in total. The van der Waals surface area contributed by atoms with Gasteiger partial charge in [-0.1, -0.05) is 0 Å². The van der Waals surface area contributed by atoms with Crippen molar-refractivity contribution < 1.29 is 8.78 Å². The Bertz CT molecular complexity index is 540. The predicted molar refractivity (Wildman–Crippen MR) is 61.4 cm³/mol. The third-order valence-electron chi connectivity index (χ3n) is 2.02. The average Bonchev–Trinajstić information content (AvgIpc) is 2.22. The van der Waals surface area contributed by atoms with E-state index >= 15 is 0 Å². The molecular formula is C11H8ClF2N3. The van der Waals surface area contributed by atoms with Gasteiger partial charge in [-0.2, -0.15) is 0 Å². The van der Waals surface area contributed by atoms with Crippen LogP contribution < -0.4 is 5.32 Å². The smallest absolute Gasteiger partial charge is 0.224 e. The number of rotatable bonds is 2. The van der Waals surface area contributed by atoms with Crippen LogP contribution in [0.3, 0.4) is 0 Å². The Balaban J connectivity index is 2.28. The minimum absolute atomic E-state index is 0.0927. The molecule has 1 aromatic heterocycles. The molecule has 0 spiro atoms. The fourth-order valence-corrected chi connectivity index (χ4v) is 1.54. The van der Waals surface area contributed by atoms with Gasteiger partial charge in [-0.3, -0.25) is 0 Å². The summed E-state index contributed by atoms with van der Waals surface area (Å²) in [4.78, 5) is 7.80. The molecular weight excluding hydrogens is 248 g/mol. The van der Waals surface area contributed by atoms with E-state index in [-0.39, 0.29) is 5.28 Å². The standard InChI is InChI=1S/C11H8ClF2N3/c1-6-4-10(17-11(12)15-6)16-7-2-3-8(13)9(14)5-7/h2-5H,1H3,(H,15,16,17). The molecule has 0 saturated heterocycles. The maximum Gasteiger partial charge on any atom is 0.224 e. The number of hydrogen-bond donors (Lipinski definition) is 1. The molecule has 2 rings (SSSR count). The topological polar surface area (TPSA) is 37.8 Å². The van der Waals surface area contributed by atoms with Crippen molar-refractivity contribution >= 4 is 23.1 Å². The van der Waals surface area contributed by atoms with Crippen LogP contribution in [0.5, 0.6) is 0 Å². The van der Waals surface area contributed by atoms with Gasteiger partial charge >= 0.3 is 0 Å². The second kappa shape index (κ2) is 4.63. The Morgan fingerprint density at radius 1 is 1.12 bits per heavy atom. The van der Waals surface area contributed by atoms with Gasteiger partial charge in [0.2, 0.25) is 5.28 Å². The van der Waals surface area contributed by atoms with E-state index < -0.39 is 11.6 Å². The Labute approximate surface area is 101 Å². The third kappa shape index (κ3) is 2.88. The lowest BCUT2D eigenvalue weighted by Gasteiger charge is -2.06. The molecule has 2 aromatic rings. The highest BCUT2D eigenvalue weighted by atomic mass is 35.5. The van der Waals surface area contributed by atoms with Crippen LogP contribution in [-0.2, 0) is 0 Å². The van der Waals surface area contributed by atoms with Gasteiger partial charge in [0.05, 0.1) is 0 Å². The van der Waals surface area contributed by atoms with Crippen molar-refractivity contribution in [2.24, 2.45) is 0 Å². The van der Waals surface area contributed by atoms with E-state index in [0.717, 1.165) is 12.1 Å². The van der Waals surface area contributed by atoms with Gasteiger partial charge in [0.1, 0.15) is 5.82 Å². The summed E-state index contributed by atoms with van der Waals surface area (Å²) in [6.45, 7) is 1.75. The molecule has 0 radical (unpaired) electrons. The molecule has 0 bridgehead atoms. The Kier molecular flexibility index (Phi) is 3.19. The Hall–Kier alpha value is -1.75. The number of nitrogens with one attached hydrogen (secondary N) is 1. The molecule has 0 aliphatic heterocycles. The highest BCUT2D eigenvalue weighted by Gasteiger charge is 2.04. The van der Waals surface area contributed by atoms with Crippen molar-refractivity contribution in [2.45, 2.75) is 6.92 Å². The molecule has 0 saturated carbocycles. The number of aryl methyl sites for hydroxylation is 1. The zero-order chi connectivity index (χ0) is 12.4. The summed E-state index contributed by atoms with van der Waals surface area (Å²) in [5.41, 5.74) is 1.06. The molecule has 17 heavy (non-hydrogen) atoms. The van der Waals surface area contributed by atoms with Gasteiger partial charge in [0.15, 0.2) is 11.6 Å². The molecule has 88 valence electrons. The van der Waals surface area contributed by atoms with E-state index in [1.807, 2.05) is 0 Å². The van der Waals surface area contributed by atoms with Crippen molar-refractivity contribution in [3.8, 4) is 0 Å². The van der Waals surface area contributed by atoms with E-state index in [9.17, 15) is 8.78 Å². The van der Waals surface area contributed by atoms with Gasteiger partial charge in [-0.25, -0.2) is 18.7 Å². The summed E-state index contributed by atoms with van der Waals surface area (Å²) in [6, 6.07) is 5.13. The number of nitrogens with zero attached hydrogens (tertiary/aromatic N) is 2. The van der Waals surface area contributed by atoms with Crippen molar-refractivity contribution in [1.82, 2.24) is 9.97 Å². The van der Waals surface area contributed by atoms with Crippen molar-refractivity contribution in [3.63, 3.8) is 0 Å². The van der Waals surface area contributed by atoms with Crippen LogP contribution in [0.15, 0.2) is 24.3 Å². The number of anilines is 2. The van der Waals surface area contributed by atoms with Crippen LogP contribution in [0.2, 0.25) is 5.28 Å². The van der Waals surface area contributed by atoms with E-state index in [1.165, 1.54) is 6.07 Å². The van der Waals surface area contributed by atoms with Gasteiger partial charge in [0.25, 0.3) is 0 Å². The molecule has 1 aromatic carbocycles. The highest BCUT2D eigenvalue weighted by molar-refractivity contribution is 6.28. The van der Waals surface area contributed by atoms with E-state index in [2.05, 4.69) is 15.3 Å². The molecule has 0 aliphatic carbocycles. The fraction of sp³-hybridized carbons (Fsp3) is 0.0909. The van der Waals surface area contributed by atoms with Crippen LogP contribution >= 0.6 is 11.6 Å². The van der Waals surface area contributed by atoms with Crippen molar-refractivity contribution in [1.29, 1.82) is 0 Å². The van der Waals surface area contributed by atoms with Crippen molar-refractivity contribution in [3.05, 3.63) is 46.9 Å². The number of benzene rings is 1. The lowest BCUT2D eigenvalue weighted by atomic mass is 10.3. The summed E-state index contributed by atoms with van der Waals surface area (Å²) in [5.74, 6) is -1.40. The lowest BCUT2D eigenvalue weighted by molar-refractivity contribution is 0.509. The SMILES string of the molecule is Cc1cc(Nc2ccc(F)c(F)c2)nc(Cl)n1. The Morgan fingerprint density at radius 2 is 1.88 bits per heavy atom. The Morgan fingerprint density at radius 3 is 2.53 bits per heavy atom. The third-order valence-corrected chi connectivity index (χ3v) is 2.19. The first kappa shape index (κ1) is 11.7. The highest BCUT2D eigenvalue weighted by Crippen LogP contribution is 2.18. The number of aromatic nitrogens is 2. The molecule has 0 unspecified atom stereocenters. The van der Waals surface area contributed by atoms with Crippen molar-refractivity contribution in [2.75, 3.05) is 5.32 Å². The average molecular weight is 256 g/mol. The predicted octanol–water partition coefficient (Wildman–Crippen LogP) is 3.46. The normalized spacial score (nSPS) is 10.4. The second-order valence-corrected chi connectivity index (χ2v) is 3.76. The molecule has 1 heterocycles. The van der Waals surface area contributed by atoms with Crippen LogP contribution in [0.4, 0.5) is 20.3 Å². The quantitative estimate of drug-likeness (QED) is 0.835. The van der Waals surface area contributed by atoms with Gasteiger partial charge in [-0.05, 0) is 30.7 Å². The molecule has 0 aliphatic rings. The first-order valence-electron chi connectivity index (χ1n) is 4.78. The zero-order valence-electron chi connectivity index (χ0n) is 8.84. The molecule has 0 atom stereocenters. The first-order valence-corrected chi connectivity index (χ1v) is 5.15. The van der Waals surface area contributed by atoms with Gasteiger partial charge in [-0.15, -0.1) is 0 Å². The summed E-state index contributed by atoms with van der Waals surface area (Å²) in [5, 5.41) is 2.90. The molecule has 6 heteroatoms. The number of halogens is 3. The maximum absolute atomic E-state index is 13.0. The zero-order valence-corrected chi connectivity index (χ0v) is 9.59. The first-order chi connectivity index (χ1) is 8.04. The minimum atomic E-state index is -0.924. The van der Waals surface area contributed by atoms with Crippen LogP contribution in [0.1, 0.15) is 5.69 Å². The van der Waals surface area contributed by atoms with Gasteiger partial charge in [0, 0.05) is 23.5 Å². The van der Waals surface area contributed by atoms with Crippen LogP contribution in [0.25, 0.3) is 0 Å². The molecule has 0 amide bonds. The second-order valence-electron chi connectivity index (χ2n) is 3.42. The summed E-state index contributed by atoms with van der Waals surface area (Å²) in [6.07, 6.45) is 0. The van der Waals surface area contributed by atoms with E-state index in [4.69, 9.17) is 11.6 Å². The fourth-order valence-electron chi connectivity index (χ4n) is 1.32. The maximum atomic E-state index is 13.0. The van der Waals surface area contributed by atoms with E-state index in [1.54, 1.807) is 13.0 Å². The van der Waals surface area contributed by atoms with E-state index in [0.29, 0.717) is 17.2 Å². The summed E-state index contributed by atoms with van der Waals surface area (Å²) >= 11 is 5.68. The minimum Gasteiger partial charge on any atom is -0.340 e. The molecule has 0 fully saturated rings. The van der Waals surface area contributed by atoms with Gasteiger partial charge < -0.3 is 5.32 Å². The van der Waals surface area contributed by atoms with Crippen LogP contribution in [0, 0.1) is 18.6 Å². The van der Waals surface area contributed by atoms with Crippen LogP contribution in [-0.4, -0.2) is 9.97 Å². The largest absolute Gasteiger partial charge is 0.340 e. The summed E-state index contributed by atoms with van der Waals surface area (Å²) in [7, 11) is 0. The molecule has 3 nitrogen and oxygen atoms in total. The summed E-state index contributed by atoms with van der Waals surface area (Å²) < 4.78 is 25.7. The number of hydrogen-bond acceptors (Lipinski definition) is 3.